The second-order valence-electron chi connectivity index (χ2n) is 19.3. The molecule has 0 amide bonds. The van der Waals surface area contributed by atoms with E-state index in [0.29, 0.717) is 23.1 Å². The number of para-hydroxylation sites is 2. The van der Waals surface area contributed by atoms with Gasteiger partial charge in [0.2, 0.25) is 0 Å². The molecular formula is C59H62GeIrN4S-2. The molecule has 1 aliphatic rings. The van der Waals surface area contributed by atoms with Gasteiger partial charge in [-0.3, -0.25) is 4.98 Å². The smallest absolute Gasteiger partial charge is 0 e. The van der Waals surface area contributed by atoms with Gasteiger partial charge >= 0.3 is 157 Å². The first-order valence-corrected chi connectivity index (χ1v) is 31.4. The molecule has 0 unspecified atom stereocenters. The largest absolute Gasteiger partial charge is 0 e. The maximum Gasteiger partial charge on any atom is 0 e. The second kappa shape index (κ2) is 20.3. The summed E-state index contributed by atoms with van der Waals surface area (Å²) in [6.07, 6.45) is 5.74. The number of thiophene rings is 1. The van der Waals surface area contributed by atoms with Crippen molar-refractivity contribution in [2.75, 3.05) is 0 Å². The standard InChI is InChI=1S/C37H32N3S.C22H30GeN.Ir/c1-22(2)29-20-27(25-11-7-6-8-12-25)21-30(23(3)4)35(29)40-33-14-10-9-13-32(33)39-36(40)26-16-18-34-31(19-26)28-17-15-24(5)38-37(28)41-34;1-17-10-12-19(13-11-17)22-15-20(14-18-8-6-5-7-9-18)21(16-24-22)23(2,3)4;/h6-15,17-23H,1-5H3;10-12,15-16,18H,5-9,14H2,1-4H3;/q2*-1;/i;1D3,14D2;. The average Bonchev–Trinajstić information content (AvgIpc) is 3.91. The van der Waals surface area contributed by atoms with Crippen LogP contribution in [-0.4, -0.2) is 32.8 Å². The Labute approximate surface area is 420 Å². The summed E-state index contributed by atoms with van der Waals surface area (Å²) in [6.45, 7) is 9.06. The molecule has 4 aromatic heterocycles. The molecule has 0 spiro atoms. The molecule has 0 aliphatic heterocycles. The fourth-order valence-electron chi connectivity index (χ4n) is 9.24. The summed E-state index contributed by atoms with van der Waals surface area (Å²) in [5.74, 6) is 8.42. The van der Waals surface area contributed by atoms with Crippen LogP contribution < -0.4 is 4.40 Å². The maximum absolute atomic E-state index is 9.04. The van der Waals surface area contributed by atoms with Crippen LogP contribution in [0.25, 0.3) is 70.8 Å². The summed E-state index contributed by atoms with van der Waals surface area (Å²) in [7, 11) is 0. The Morgan fingerprint density at radius 2 is 1.48 bits per heavy atom. The van der Waals surface area contributed by atoms with Crippen LogP contribution in [0.15, 0.2) is 121 Å². The topological polar surface area (TPSA) is 43.6 Å². The van der Waals surface area contributed by atoms with Crippen LogP contribution in [0.1, 0.15) is 106 Å². The number of fused-ring (bicyclic) bond motifs is 4. The molecule has 9 aromatic rings. The fraction of sp³-hybridized carbons (Fsp3) is 0.305. The van der Waals surface area contributed by atoms with Crippen molar-refractivity contribution in [3.05, 3.63) is 162 Å². The number of pyridine rings is 2. The van der Waals surface area contributed by atoms with E-state index < -0.39 is 26.5 Å². The molecule has 0 saturated heterocycles. The minimum atomic E-state index is -2.35. The van der Waals surface area contributed by atoms with E-state index in [1.54, 1.807) is 23.5 Å². The molecule has 4 nitrogen and oxygen atoms in total. The zero-order chi connectivity index (χ0) is 49.7. The molecule has 4 heterocycles. The van der Waals surface area contributed by atoms with E-state index in [9.17, 15) is 0 Å². The van der Waals surface area contributed by atoms with Crippen LogP contribution >= 0.6 is 11.3 Å². The molecule has 1 radical (unpaired) electrons. The van der Waals surface area contributed by atoms with Gasteiger partial charge in [0, 0.05) is 31.5 Å². The van der Waals surface area contributed by atoms with Gasteiger partial charge in [0.15, 0.2) is 0 Å². The summed E-state index contributed by atoms with van der Waals surface area (Å²) in [5.41, 5.74) is 12.9. The average molecular weight is 1130 g/mol. The van der Waals surface area contributed by atoms with Gasteiger partial charge in [0.25, 0.3) is 0 Å². The van der Waals surface area contributed by atoms with Crippen molar-refractivity contribution >= 4 is 60.3 Å². The molecule has 339 valence electrons. The molecule has 10 rings (SSSR count). The van der Waals surface area contributed by atoms with E-state index in [0.717, 1.165) is 68.6 Å². The normalized spacial score (nSPS) is 14.9. The van der Waals surface area contributed by atoms with Crippen molar-refractivity contribution in [3.63, 3.8) is 0 Å². The third-order valence-electron chi connectivity index (χ3n) is 12.7. The summed E-state index contributed by atoms with van der Waals surface area (Å²) in [5, 5.41) is 2.39. The van der Waals surface area contributed by atoms with Crippen molar-refractivity contribution in [2.45, 2.75) is 109 Å². The zero-order valence-corrected chi connectivity index (χ0v) is 44.7. The van der Waals surface area contributed by atoms with E-state index in [4.69, 9.17) is 16.8 Å². The molecule has 0 atom stereocenters. The van der Waals surface area contributed by atoms with Crippen molar-refractivity contribution in [1.82, 2.24) is 19.5 Å². The van der Waals surface area contributed by atoms with Crippen LogP contribution in [-0.2, 0) is 26.5 Å². The number of hydrogen-bond acceptors (Lipinski definition) is 4. The van der Waals surface area contributed by atoms with Crippen LogP contribution in [0.2, 0.25) is 17.3 Å². The van der Waals surface area contributed by atoms with Gasteiger partial charge in [0.1, 0.15) is 4.83 Å². The molecule has 0 N–H and O–H groups in total. The maximum atomic E-state index is 9.04. The Morgan fingerprint density at radius 1 is 0.773 bits per heavy atom. The molecule has 1 saturated carbocycles. The van der Waals surface area contributed by atoms with Crippen LogP contribution in [0, 0.1) is 31.8 Å². The van der Waals surface area contributed by atoms with Gasteiger partial charge < -0.3 is 4.57 Å². The predicted molar refractivity (Wildman–Crippen MR) is 281 cm³/mol. The Morgan fingerprint density at radius 3 is 2.17 bits per heavy atom. The van der Waals surface area contributed by atoms with Gasteiger partial charge in [-0.05, 0) is 81.4 Å². The van der Waals surface area contributed by atoms with Crippen molar-refractivity contribution in [3.8, 4) is 39.5 Å². The van der Waals surface area contributed by atoms with Crippen molar-refractivity contribution in [2.24, 2.45) is 5.92 Å². The molecule has 1 aliphatic carbocycles. The minimum Gasteiger partial charge on any atom is 0 e. The number of nitrogens with zero attached hydrogens (tertiary/aromatic N) is 4. The SMILES string of the molecule is Cc1ccc2c(n1)sc1c[c-]c(-c3nc4ccccc4n3-c3c(C(C)C)cc(-c4ccccc4)cc3C(C)C)cc12.[2H]C([2H])([2H])c1c[c-]c(-c2cc(C([2H])([2H])C3CCCCC3)[c]([Ge]([CH3])([CH3])[CH3])cn2)cc1.[Ir]. The Balaban J connectivity index is 0.000000200. The summed E-state index contributed by atoms with van der Waals surface area (Å²) in [6, 6.07) is 46.0. The monoisotopic (exact) mass is 1130 g/mol. The minimum absolute atomic E-state index is 0. The molecule has 1 fully saturated rings. The second-order valence-corrected chi connectivity index (χ2v) is 30.9. The van der Waals surface area contributed by atoms with Crippen LogP contribution in [0.3, 0.4) is 0 Å². The van der Waals surface area contributed by atoms with E-state index >= 15 is 0 Å². The number of benzene rings is 5. The first-order chi connectivity index (χ1) is 33.3. The van der Waals surface area contributed by atoms with Crippen LogP contribution in [0.4, 0.5) is 0 Å². The van der Waals surface area contributed by atoms with Gasteiger partial charge in [-0.15, -0.1) is 23.8 Å². The van der Waals surface area contributed by atoms with E-state index in [1.165, 1.54) is 55.9 Å². The number of aromatic nitrogens is 4. The number of imidazole rings is 1. The van der Waals surface area contributed by atoms with Gasteiger partial charge in [-0.2, -0.15) is 11.3 Å². The Bertz CT molecular complexity index is 3300. The molecule has 0 bridgehead atoms. The molecule has 5 aromatic carbocycles. The molecule has 7 heteroatoms. The predicted octanol–water partition coefficient (Wildman–Crippen LogP) is 16.0. The van der Waals surface area contributed by atoms with Crippen LogP contribution in [0.5, 0.6) is 0 Å². The van der Waals surface area contributed by atoms with Gasteiger partial charge in [-0.25, -0.2) is 4.98 Å². The Kier molecular flexibility index (Phi) is 12.7. The van der Waals surface area contributed by atoms with Crippen molar-refractivity contribution in [1.29, 1.82) is 0 Å². The fourth-order valence-corrected chi connectivity index (χ4v) is 13.3. The summed E-state index contributed by atoms with van der Waals surface area (Å²) in [4.78, 5) is 15.7. The van der Waals surface area contributed by atoms with E-state index in [-0.39, 0.29) is 31.6 Å². The summed E-state index contributed by atoms with van der Waals surface area (Å²) >= 11 is -0.618. The quantitative estimate of drug-likeness (QED) is 0.107. The van der Waals surface area contributed by atoms with Gasteiger partial charge in [0.05, 0.1) is 16.9 Å². The van der Waals surface area contributed by atoms with E-state index in [2.05, 4.69) is 158 Å². The number of hydrogen-bond donors (Lipinski definition) is 0. The van der Waals surface area contributed by atoms with Gasteiger partial charge in [-0.1, -0.05) is 81.6 Å². The first-order valence-electron chi connectivity index (χ1n) is 25.8. The summed E-state index contributed by atoms with van der Waals surface area (Å²) < 4.78 is 45.4. The Hall–Kier alpha value is -4.72. The number of rotatable bonds is 9. The molecule has 66 heavy (non-hydrogen) atoms. The number of aryl methyl sites for hydroxylation is 2. The molecular weight excluding hydrogens is 1060 g/mol. The third-order valence-corrected chi connectivity index (χ3v) is 18.0. The van der Waals surface area contributed by atoms with E-state index in [1.807, 2.05) is 19.2 Å². The van der Waals surface area contributed by atoms with Crippen molar-refractivity contribution < 1.29 is 27.0 Å². The zero-order valence-electron chi connectivity index (χ0n) is 44.3. The third kappa shape index (κ3) is 10.1. The first kappa shape index (κ1) is 41.5.